The van der Waals surface area contributed by atoms with Gasteiger partial charge < -0.3 is 4.74 Å². The molecule has 1 aromatic heterocycles. The van der Waals surface area contributed by atoms with Crippen LogP contribution in [0.5, 0.6) is 0 Å². The fraction of sp³-hybridized carbons (Fsp3) is 0.0476. The normalized spacial score (nSPS) is 10.9. The van der Waals surface area contributed by atoms with Crippen LogP contribution in [0.15, 0.2) is 66.7 Å². The maximum absolute atomic E-state index is 13.9. The van der Waals surface area contributed by atoms with Gasteiger partial charge in [-0.3, -0.25) is 0 Å². The first-order valence-electron chi connectivity index (χ1n) is 8.18. The lowest BCUT2D eigenvalue weighted by Gasteiger charge is -2.09. The van der Waals surface area contributed by atoms with Gasteiger partial charge in [0.25, 0.3) is 0 Å². The van der Waals surface area contributed by atoms with Crippen LogP contribution in [0.2, 0.25) is 5.02 Å². The van der Waals surface area contributed by atoms with E-state index in [9.17, 15) is 9.18 Å². The lowest BCUT2D eigenvalue weighted by molar-refractivity contribution is 0.0470. The summed E-state index contributed by atoms with van der Waals surface area (Å²) >= 11 is 7.49. The van der Waals surface area contributed by atoms with E-state index in [1.165, 1.54) is 23.5 Å². The zero-order valence-corrected chi connectivity index (χ0v) is 15.6. The SMILES string of the molecule is O=C(OCc1c(F)cccc1Cl)c1ccccc1-c1nc2ccccc2s1. The maximum atomic E-state index is 13.9. The van der Waals surface area contributed by atoms with E-state index < -0.39 is 11.8 Å². The monoisotopic (exact) mass is 397 g/mol. The molecular formula is C21H13ClFNO2S. The third-order valence-electron chi connectivity index (χ3n) is 4.08. The Morgan fingerprint density at radius 1 is 1.04 bits per heavy atom. The number of fused-ring (bicyclic) bond motifs is 1. The molecule has 6 heteroatoms. The molecule has 0 radical (unpaired) electrons. The number of thiazole rings is 1. The van der Waals surface area contributed by atoms with Crippen molar-refractivity contribution in [1.82, 2.24) is 4.98 Å². The van der Waals surface area contributed by atoms with Crippen LogP contribution in [0.4, 0.5) is 4.39 Å². The van der Waals surface area contributed by atoms with Gasteiger partial charge in [-0.2, -0.15) is 0 Å². The number of ether oxygens (including phenoxy) is 1. The average molecular weight is 398 g/mol. The summed E-state index contributed by atoms with van der Waals surface area (Å²) in [6.07, 6.45) is 0. The first-order valence-corrected chi connectivity index (χ1v) is 9.38. The number of para-hydroxylation sites is 1. The van der Waals surface area contributed by atoms with Crippen LogP contribution in [0, 0.1) is 5.82 Å². The van der Waals surface area contributed by atoms with Crippen molar-refractivity contribution < 1.29 is 13.9 Å². The van der Waals surface area contributed by atoms with Gasteiger partial charge in [0.1, 0.15) is 17.4 Å². The van der Waals surface area contributed by atoms with Crippen LogP contribution in [0.3, 0.4) is 0 Å². The lowest BCUT2D eigenvalue weighted by atomic mass is 10.1. The fourth-order valence-electron chi connectivity index (χ4n) is 2.72. The number of carbonyl (C=O) groups is 1. The number of rotatable bonds is 4. The number of benzene rings is 3. The highest BCUT2D eigenvalue weighted by molar-refractivity contribution is 7.21. The molecule has 0 atom stereocenters. The zero-order valence-electron chi connectivity index (χ0n) is 14.0. The number of aromatic nitrogens is 1. The molecule has 4 rings (SSSR count). The molecular weight excluding hydrogens is 385 g/mol. The van der Waals surface area contributed by atoms with Crippen LogP contribution in [-0.2, 0) is 11.3 Å². The standard InChI is InChI=1S/C21H13ClFNO2S/c22-16-8-5-9-17(23)15(16)12-26-21(25)14-7-2-1-6-13(14)20-24-18-10-3-4-11-19(18)27-20/h1-11H,12H2. The molecule has 0 bridgehead atoms. The molecule has 0 aliphatic carbocycles. The molecule has 0 aliphatic rings. The van der Waals surface area contributed by atoms with Gasteiger partial charge in [-0.15, -0.1) is 11.3 Å². The molecule has 4 aromatic rings. The summed E-state index contributed by atoms with van der Waals surface area (Å²) in [7, 11) is 0. The van der Waals surface area contributed by atoms with Crippen molar-refractivity contribution in [2.45, 2.75) is 6.61 Å². The summed E-state index contributed by atoms with van der Waals surface area (Å²) in [6.45, 7) is -0.238. The fourth-order valence-corrected chi connectivity index (χ4v) is 3.94. The van der Waals surface area contributed by atoms with Crippen LogP contribution in [0.1, 0.15) is 15.9 Å². The number of hydrogen-bond acceptors (Lipinski definition) is 4. The van der Waals surface area contributed by atoms with Crippen LogP contribution in [0.25, 0.3) is 20.8 Å². The Morgan fingerprint density at radius 2 is 1.81 bits per heavy atom. The molecule has 0 saturated carbocycles. The lowest BCUT2D eigenvalue weighted by Crippen LogP contribution is -2.08. The quantitative estimate of drug-likeness (QED) is 0.390. The molecule has 3 aromatic carbocycles. The minimum atomic E-state index is -0.552. The minimum absolute atomic E-state index is 0.157. The Labute approximate surface area is 164 Å². The molecule has 0 N–H and O–H groups in total. The minimum Gasteiger partial charge on any atom is -0.457 e. The summed E-state index contributed by atoms with van der Waals surface area (Å²) in [6, 6.07) is 19.2. The predicted molar refractivity (Wildman–Crippen MR) is 106 cm³/mol. The molecule has 0 aliphatic heterocycles. The predicted octanol–water partition coefficient (Wildman–Crippen LogP) is 6.11. The number of carbonyl (C=O) groups excluding carboxylic acids is 1. The molecule has 134 valence electrons. The molecule has 0 saturated heterocycles. The summed E-state index contributed by atoms with van der Waals surface area (Å²) < 4.78 is 20.2. The average Bonchev–Trinajstić information content (AvgIpc) is 3.11. The van der Waals surface area contributed by atoms with E-state index in [1.54, 1.807) is 18.2 Å². The van der Waals surface area contributed by atoms with Crippen molar-refractivity contribution in [2.75, 3.05) is 0 Å². The van der Waals surface area contributed by atoms with Gasteiger partial charge in [0.05, 0.1) is 20.8 Å². The summed E-state index contributed by atoms with van der Waals surface area (Å²) in [5.41, 5.74) is 2.09. The van der Waals surface area contributed by atoms with Gasteiger partial charge in [0.2, 0.25) is 0 Å². The Kier molecular flexibility index (Phi) is 4.88. The number of hydrogen-bond donors (Lipinski definition) is 0. The number of nitrogens with zero attached hydrogens (tertiary/aromatic N) is 1. The van der Waals surface area contributed by atoms with E-state index in [0.29, 0.717) is 11.1 Å². The molecule has 27 heavy (non-hydrogen) atoms. The first-order chi connectivity index (χ1) is 13.1. The zero-order chi connectivity index (χ0) is 18.8. The van der Waals surface area contributed by atoms with E-state index in [4.69, 9.17) is 16.3 Å². The van der Waals surface area contributed by atoms with Crippen molar-refractivity contribution in [3.8, 4) is 10.6 Å². The van der Waals surface area contributed by atoms with Crippen molar-refractivity contribution in [3.63, 3.8) is 0 Å². The Bertz CT molecular complexity index is 1090. The van der Waals surface area contributed by atoms with E-state index in [1.807, 2.05) is 36.4 Å². The first kappa shape index (κ1) is 17.6. The van der Waals surface area contributed by atoms with Gasteiger partial charge >= 0.3 is 5.97 Å². The molecule has 0 spiro atoms. The summed E-state index contributed by atoms with van der Waals surface area (Å²) in [5, 5.41) is 0.954. The molecule has 3 nitrogen and oxygen atoms in total. The second-order valence-corrected chi connectivity index (χ2v) is 7.25. The van der Waals surface area contributed by atoms with Crippen molar-refractivity contribution in [1.29, 1.82) is 0 Å². The Morgan fingerprint density at radius 3 is 2.63 bits per heavy atom. The highest BCUT2D eigenvalue weighted by Gasteiger charge is 2.18. The van der Waals surface area contributed by atoms with Crippen molar-refractivity contribution in [3.05, 3.63) is 88.7 Å². The van der Waals surface area contributed by atoms with Gasteiger partial charge in [0, 0.05) is 11.1 Å². The third-order valence-corrected chi connectivity index (χ3v) is 5.50. The third kappa shape index (κ3) is 3.56. The largest absolute Gasteiger partial charge is 0.457 e. The van der Waals surface area contributed by atoms with Gasteiger partial charge in [0.15, 0.2) is 0 Å². The number of halogens is 2. The van der Waals surface area contributed by atoms with Crippen LogP contribution >= 0.6 is 22.9 Å². The smallest absolute Gasteiger partial charge is 0.339 e. The van der Waals surface area contributed by atoms with Crippen LogP contribution < -0.4 is 0 Å². The number of esters is 1. The van der Waals surface area contributed by atoms with Crippen molar-refractivity contribution >= 4 is 39.1 Å². The second kappa shape index (κ2) is 7.47. The molecule has 0 fully saturated rings. The summed E-state index contributed by atoms with van der Waals surface area (Å²) in [5.74, 6) is -1.06. The highest BCUT2D eigenvalue weighted by atomic mass is 35.5. The maximum Gasteiger partial charge on any atom is 0.339 e. The topological polar surface area (TPSA) is 39.2 Å². The molecule has 0 unspecified atom stereocenters. The van der Waals surface area contributed by atoms with Gasteiger partial charge in [-0.25, -0.2) is 14.2 Å². The van der Waals surface area contributed by atoms with E-state index in [2.05, 4.69) is 4.98 Å². The summed E-state index contributed by atoms with van der Waals surface area (Å²) in [4.78, 5) is 17.2. The molecule has 1 heterocycles. The van der Waals surface area contributed by atoms with E-state index >= 15 is 0 Å². The highest BCUT2D eigenvalue weighted by Crippen LogP contribution is 2.32. The Balaban J connectivity index is 1.63. The Hall–Kier alpha value is -2.76. The van der Waals surface area contributed by atoms with E-state index in [-0.39, 0.29) is 17.2 Å². The second-order valence-electron chi connectivity index (χ2n) is 5.81. The van der Waals surface area contributed by atoms with Crippen molar-refractivity contribution in [2.24, 2.45) is 0 Å². The molecule has 0 amide bonds. The van der Waals surface area contributed by atoms with Gasteiger partial charge in [-0.05, 0) is 30.3 Å². The van der Waals surface area contributed by atoms with Crippen LogP contribution in [-0.4, -0.2) is 11.0 Å². The van der Waals surface area contributed by atoms with Gasteiger partial charge in [-0.1, -0.05) is 48.0 Å². The van der Waals surface area contributed by atoms with E-state index in [0.717, 1.165) is 15.2 Å².